The van der Waals surface area contributed by atoms with Gasteiger partial charge in [0.25, 0.3) is 5.91 Å². The highest BCUT2D eigenvalue weighted by Gasteiger charge is 2.43. The molecule has 0 bridgehead atoms. The van der Waals surface area contributed by atoms with Crippen molar-refractivity contribution in [2.24, 2.45) is 0 Å². The summed E-state index contributed by atoms with van der Waals surface area (Å²) in [5.41, 5.74) is 5.13. The third-order valence-electron chi connectivity index (χ3n) is 5.43. The number of aryl methyl sites for hydroxylation is 1. The third-order valence-corrected chi connectivity index (χ3v) is 5.69. The van der Waals surface area contributed by atoms with Gasteiger partial charge in [-0.2, -0.15) is 0 Å². The fraction of sp³-hybridized carbons (Fsp3) is 0.348. The molecular weight excluding hydrogens is 374 g/mol. The van der Waals surface area contributed by atoms with Gasteiger partial charge >= 0.3 is 0 Å². The number of methoxy groups -OCH3 is 2. The van der Waals surface area contributed by atoms with Crippen LogP contribution in [0.15, 0.2) is 42.2 Å². The first-order chi connectivity index (χ1) is 13.3. The normalized spacial score (nSPS) is 19.1. The minimum Gasteiger partial charge on any atom is -0.498 e. The van der Waals surface area contributed by atoms with Crippen LogP contribution in [0.25, 0.3) is 16.7 Å². The number of carbonyl (C=O) groups excluding carboxylic acids is 1. The molecule has 1 heterocycles. The summed E-state index contributed by atoms with van der Waals surface area (Å²) in [5.74, 6) is 0.545. The van der Waals surface area contributed by atoms with Gasteiger partial charge in [0.1, 0.15) is 5.76 Å². The third kappa shape index (κ3) is 3.54. The number of ether oxygens (including phenoxy) is 2. The molecule has 0 aromatic heterocycles. The molecule has 0 aliphatic carbocycles. The van der Waals surface area contributed by atoms with Gasteiger partial charge in [0.05, 0.1) is 18.2 Å². The summed E-state index contributed by atoms with van der Waals surface area (Å²) < 4.78 is 11.0. The Labute approximate surface area is 171 Å². The van der Waals surface area contributed by atoms with Crippen molar-refractivity contribution in [3.63, 3.8) is 0 Å². The Morgan fingerprint density at radius 3 is 2.36 bits per heavy atom. The highest BCUT2D eigenvalue weighted by atomic mass is 35.5. The van der Waals surface area contributed by atoms with Crippen LogP contribution >= 0.6 is 11.6 Å². The largest absolute Gasteiger partial charge is 0.498 e. The molecule has 2 aromatic carbocycles. The van der Waals surface area contributed by atoms with Gasteiger partial charge in [-0.3, -0.25) is 4.79 Å². The van der Waals surface area contributed by atoms with Crippen molar-refractivity contribution in [3.8, 4) is 11.1 Å². The van der Waals surface area contributed by atoms with Gasteiger partial charge < -0.3 is 14.8 Å². The molecule has 3 rings (SSSR count). The molecule has 28 heavy (non-hydrogen) atoms. The lowest BCUT2D eigenvalue weighted by atomic mass is 9.87. The van der Waals surface area contributed by atoms with Crippen molar-refractivity contribution >= 4 is 23.1 Å². The van der Waals surface area contributed by atoms with Gasteiger partial charge in [-0.25, -0.2) is 0 Å². The van der Waals surface area contributed by atoms with E-state index in [4.69, 9.17) is 21.1 Å². The monoisotopic (exact) mass is 399 g/mol. The van der Waals surface area contributed by atoms with E-state index in [0.717, 1.165) is 27.8 Å². The summed E-state index contributed by atoms with van der Waals surface area (Å²) in [6.07, 6.45) is 0.636. The number of amides is 1. The van der Waals surface area contributed by atoms with Crippen molar-refractivity contribution in [1.29, 1.82) is 0 Å². The van der Waals surface area contributed by atoms with Gasteiger partial charge in [-0.1, -0.05) is 35.9 Å². The zero-order chi connectivity index (χ0) is 20.5. The van der Waals surface area contributed by atoms with Crippen LogP contribution in [0.4, 0.5) is 0 Å². The SMILES string of the molecule is COCCC1(C)NC(=O)C(c2c(C)ccc(-c3ccc(Cl)cc3)c2C)=C1OC. The molecule has 4 nitrogen and oxygen atoms in total. The smallest absolute Gasteiger partial charge is 0.256 e. The molecule has 1 atom stereocenters. The number of carbonyl (C=O) groups is 1. The van der Waals surface area contributed by atoms with Gasteiger partial charge in [-0.15, -0.1) is 0 Å². The second-order valence-electron chi connectivity index (χ2n) is 7.37. The highest BCUT2D eigenvalue weighted by Crippen LogP contribution is 2.40. The fourth-order valence-corrected chi connectivity index (χ4v) is 4.09. The van der Waals surface area contributed by atoms with Crippen molar-refractivity contribution in [1.82, 2.24) is 5.32 Å². The standard InChI is InChI=1S/C23H26ClNO3/c1-14-6-11-18(16-7-9-17(24)10-8-16)15(2)19(14)20-21(28-5)23(3,12-13-27-4)25-22(20)26/h6-11H,12-13H2,1-5H3,(H,25,26). The predicted octanol–water partition coefficient (Wildman–Crippen LogP) is 4.91. The lowest BCUT2D eigenvalue weighted by molar-refractivity contribution is -0.116. The molecule has 1 aliphatic heterocycles. The molecule has 0 saturated carbocycles. The Kier molecular flexibility index (Phi) is 5.82. The number of hydrogen-bond donors (Lipinski definition) is 1. The molecule has 0 saturated heterocycles. The van der Waals surface area contributed by atoms with Gasteiger partial charge in [0.2, 0.25) is 0 Å². The number of nitrogens with one attached hydrogen (secondary N) is 1. The summed E-state index contributed by atoms with van der Waals surface area (Å²) >= 11 is 6.04. The van der Waals surface area contributed by atoms with Crippen LogP contribution in [-0.4, -0.2) is 32.3 Å². The van der Waals surface area contributed by atoms with Crippen LogP contribution < -0.4 is 5.32 Å². The molecule has 1 amide bonds. The molecule has 1 unspecified atom stereocenters. The first-order valence-electron chi connectivity index (χ1n) is 9.29. The molecule has 0 fully saturated rings. The van der Waals surface area contributed by atoms with E-state index >= 15 is 0 Å². The van der Waals surface area contributed by atoms with Gasteiger partial charge in [0, 0.05) is 25.2 Å². The van der Waals surface area contributed by atoms with Crippen LogP contribution in [0, 0.1) is 13.8 Å². The van der Waals surface area contributed by atoms with Gasteiger partial charge in [0.15, 0.2) is 0 Å². The molecule has 1 N–H and O–H groups in total. The maximum atomic E-state index is 13.0. The number of benzene rings is 2. The molecule has 2 aromatic rings. The summed E-state index contributed by atoms with van der Waals surface area (Å²) in [6.45, 7) is 6.57. The van der Waals surface area contributed by atoms with Crippen LogP contribution in [-0.2, 0) is 14.3 Å². The quantitative estimate of drug-likeness (QED) is 0.751. The lowest BCUT2D eigenvalue weighted by Gasteiger charge is -2.26. The molecule has 5 heteroatoms. The van der Waals surface area contributed by atoms with E-state index in [1.807, 2.05) is 51.1 Å². The van der Waals surface area contributed by atoms with Crippen molar-refractivity contribution < 1.29 is 14.3 Å². The molecular formula is C23H26ClNO3. The van der Waals surface area contributed by atoms with Crippen molar-refractivity contribution in [2.45, 2.75) is 32.7 Å². The number of rotatable bonds is 6. The summed E-state index contributed by atoms with van der Waals surface area (Å²) in [6, 6.07) is 11.9. The topological polar surface area (TPSA) is 47.6 Å². The van der Waals surface area contributed by atoms with E-state index in [0.29, 0.717) is 29.4 Å². The second-order valence-corrected chi connectivity index (χ2v) is 7.81. The Hall–Kier alpha value is -2.30. The second kappa shape index (κ2) is 7.98. The van der Waals surface area contributed by atoms with E-state index < -0.39 is 5.54 Å². The average molecular weight is 400 g/mol. The summed E-state index contributed by atoms with van der Waals surface area (Å²) in [7, 11) is 3.27. The van der Waals surface area contributed by atoms with E-state index in [1.165, 1.54) is 0 Å². The molecule has 0 radical (unpaired) electrons. The van der Waals surface area contributed by atoms with E-state index in [2.05, 4.69) is 11.4 Å². The van der Waals surface area contributed by atoms with Crippen LogP contribution in [0.1, 0.15) is 30.0 Å². The Bertz CT molecular complexity index is 934. The Morgan fingerprint density at radius 2 is 1.75 bits per heavy atom. The van der Waals surface area contributed by atoms with Gasteiger partial charge in [-0.05, 0) is 60.7 Å². The maximum Gasteiger partial charge on any atom is 0.256 e. The highest BCUT2D eigenvalue weighted by molar-refractivity contribution is 6.30. The number of hydrogen-bond acceptors (Lipinski definition) is 3. The van der Waals surface area contributed by atoms with Crippen molar-refractivity contribution in [2.75, 3.05) is 20.8 Å². The van der Waals surface area contributed by atoms with Crippen LogP contribution in [0.2, 0.25) is 5.02 Å². The average Bonchev–Trinajstić information content (AvgIpc) is 2.91. The van der Waals surface area contributed by atoms with Crippen molar-refractivity contribution in [3.05, 3.63) is 63.9 Å². The Morgan fingerprint density at radius 1 is 1.07 bits per heavy atom. The summed E-state index contributed by atoms with van der Waals surface area (Å²) in [4.78, 5) is 13.0. The summed E-state index contributed by atoms with van der Waals surface area (Å²) in [5, 5.41) is 3.80. The van der Waals surface area contributed by atoms with E-state index in [9.17, 15) is 4.79 Å². The predicted molar refractivity (Wildman–Crippen MR) is 113 cm³/mol. The van der Waals surface area contributed by atoms with Crippen LogP contribution in [0.3, 0.4) is 0 Å². The number of halogens is 1. The van der Waals surface area contributed by atoms with Crippen LogP contribution in [0.5, 0.6) is 0 Å². The first-order valence-corrected chi connectivity index (χ1v) is 9.67. The maximum absolute atomic E-state index is 13.0. The first kappa shape index (κ1) is 20.4. The molecule has 0 spiro atoms. The minimum atomic E-state index is -0.591. The molecule has 148 valence electrons. The minimum absolute atomic E-state index is 0.116. The zero-order valence-electron chi connectivity index (χ0n) is 17.0. The molecule has 1 aliphatic rings. The fourth-order valence-electron chi connectivity index (χ4n) is 3.96. The van der Waals surface area contributed by atoms with E-state index in [-0.39, 0.29) is 5.91 Å². The zero-order valence-corrected chi connectivity index (χ0v) is 17.7. The lowest BCUT2D eigenvalue weighted by Crippen LogP contribution is -2.43. The Balaban J connectivity index is 2.19. The van der Waals surface area contributed by atoms with E-state index in [1.54, 1.807) is 14.2 Å².